The van der Waals surface area contributed by atoms with Crippen molar-refractivity contribution < 1.29 is 5.11 Å². The van der Waals surface area contributed by atoms with Gasteiger partial charge < -0.3 is 10.4 Å². The third-order valence-electron chi connectivity index (χ3n) is 1.83. The molecule has 0 bridgehead atoms. The molecule has 0 amide bonds. The second-order valence-electron chi connectivity index (χ2n) is 4.01. The van der Waals surface area contributed by atoms with Gasteiger partial charge in [-0.05, 0) is 25.5 Å². The van der Waals surface area contributed by atoms with Crippen molar-refractivity contribution in [2.75, 3.05) is 6.54 Å². The van der Waals surface area contributed by atoms with Crippen molar-refractivity contribution in [1.29, 1.82) is 0 Å². The quantitative estimate of drug-likeness (QED) is 0.868. The van der Waals surface area contributed by atoms with Crippen molar-refractivity contribution in [3.05, 3.63) is 34.3 Å². The van der Waals surface area contributed by atoms with Crippen LogP contribution in [0.25, 0.3) is 0 Å². The van der Waals surface area contributed by atoms with Crippen LogP contribution in [0.15, 0.2) is 28.7 Å². The Hall–Kier alpha value is -0.380. The highest BCUT2D eigenvalue weighted by atomic mass is 79.9. The molecule has 0 unspecified atom stereocenters. The Labute approximate surface area is 93.5 Å². The predicted molar refractivity (Wildman–Crippen MR) is 62.1 cm³/mol. The van der Waals surface area contributed by atoms with E-state index in [2.05, 4.69) is 27.3 Å². The molecule has 0 aromatic heterocycles. The average Bonchev–Trinajstić information content (AvgIpc) is 2.06. The largest absolute Gasteiger partial charge is 0.389 e. The van der Waals surface area contributed by atoms with Crippen LogP contribution in [0.3, 0.4) is 0 Å². The molecule has 1 aromatic carbocycles. The minimum absolute atomic E-state index is 0.592. The number of rotatable bonds is 4. The Morgan fingerprint density at radius 3 is 2.57 bits per heavy atom. The maximum Gasteiger partial charge on any atom is 0.0715 e. The van der Waals surface area contributed by atoms with Gasteiger partial charge in [-0.15, -0.1) is 0 Å². The van der Waals surface area contributed by atoms with Gasteiger partial charge in [0.1, 0.15) is 0 Å². The summed E-state index contributed by atoms with van der Waals surface area (Å²) < 4.78 is 1.10. The molecule has 0 saturated carbocycles. The van der Waals surface area contributed by atoms with Crippen molar-refractivity contribution in [3.8, 4) is 0 Å². The van der Waals surface area contributed by atoms with Crippen LogP contribution < -0.4 is 5.32 Å². The van der Waals surface area contributed by atoms with Crippen LogP contribution in [0.5, 0.6) is 0 Å². The van der Waals surface area contributed by atoms with Gasteiger partial charge in [0, 0.05) is 17.6 Å². The number of hydrogen-bond donors (Lipinski definition) is 2. The second-order valence-corrected chi connectivity index (χ2v) is 4.86. The van der Waals surface area contributed by atoms with Crippen LogP contribution >= 0.6 is 15.9 Å². The third kappa shape index (κ3) is 4.22. The first kappa shape index (κ1) is 11.7. The van der Waals surface area contributed by atoms with Crippen molar-refractivity contribution in [2.24, 2.45) is 0 Å². The summed E-state index contributed by atoms with van der Waals surface area (Å²) >= 11 is 3.47. The SMILES string of the molecule is CC(C)(O)CNCc1ccccc1Br. The van der Waals surface area contributed by atoms with E-state index in [1.54, 1.807) is 13.8 Å². The molecular formula is C11H16BrNO. The van der Waals surface area contributed by atoms with E-state index in [0.717, 1.165) is 11.0 Å². The molecule has 78 valence electrons. The number of benzene rings is 1. The van der Waals surface area contributed by atoms with Gasteiger partial charge >= 0.3 is 0 Å². The van der Waals surface area contributed by atoms with E-state index >= 15 is 0 Å². The highest BCUT2D eigenvalue weighted by molar-refractivity contribution is 9.10. The van der Waals surface area contributed by atoms with Crippen LogP contribution in [0.4, 0.5) is 0 Å². The minimum atomic E-state index is -0.652. The lowest BCUT2D eigenvalue weighted by atomic mass is 10.1. The minimum Gasteiger partial charge on any atom is -0.389 e. The van der Waals surface area contributed by atoms with Crippen LogP contribution in [0.1, 0.15) is 19.4 Å². The van der Waals surface area contributed by atoms with Gasteiger partial charge in [0.05, 0.1) is 5.60 Å². The molecule has 0 aliphatic heterocycles. The summed E-state index contributed by atoms with van der Waals surface area (Å²) in [5.41, 5.74) is 0.554. The molecule has 0 saturated heterocycles. The molecule has 14 heavy (non-hydrogen) atoms. The normalized spacial score (nSPS) is 11.7. The molecule has 0 aliphatic carbocycles. The van der Waals surface area contributed by atoms with Crippen molar-refractivity contribution in [2.45, 2.75) is 26.0 Å². The molecule has 0 spiro atoms. The van der Waals surface area contributed by atoms with E-state index < -0.39 is 5.60 Å². The lowest BCUT2D eigenvalue weighted by molar-refractivity contribution is 0.0795. The van der Waals surface area contributed by atoms with Crippen LogP contribution in [-0.2, 0) is 6.54 Å². The van der Waals surface area contributed by atoms with Gasteiger partial charge in [-0.25, -0.2) is 0 Å². The predicted octanol–water partition coefficient (Wildman–Crippen LogP) is 2.31. The van der Waals surface area contributed by atoms with E-state index in [1.165, 1.54) is 5.56 Å². The van der Waals surface area contributed by atoms with E-state index in [4.69, 9.17) is 0 Å². The molecule has 3 heteroatoms. The molecular weight excluding hydrogens is 242 g/mol. The first-order valence-corrected chi connectivity index (χ1v) is 5.45. The first-order valence-electron chi connectivity index (χ1n) is 4.65. The van der Waals surface area contributed by atoms with Gasteiger partial charge in [-0.1, -0.05) is 34.1 Å². The Bertz CT molecular complexity index is 294. The molecule has 0 fully saturated rings. The van der Waals surface area contributed by atoms with Crippen LogP contribution in [0, 0.1) is 0 Å². The standard InChI is InChI=1S/C11H16BrNO/c1-11(2,14)8-13-7-9-5-3-4-6-10(9)12/h3-6,13-14H,7-8H2,1-2H3. The molecule has 2 N–H and O–H groups in total. The van der Waals surface area contributed by atoms with Gasteiger partial charge in [0.25, 0.3) is 0 Å². The number of hydrogen-bond acceptors (Lipinski definition) is 2. The number of halogens is 1. The third-order valence-corrected chi connectivity index (χ3v) is 2.60. The lowest BCUT2D eigenvalue weighted by Crippen LogP contribution is -2.34. The van der Waals surface area contributed by atoms with E-state index in [-0.39, 0.29) is 0 Å². The fourth-order valence-electron chi connectivity index (χ4n) is 1.14. The summed E-state index contributed by atoms with van der Waals surface area (Å²) in [5, 5.41) is 12.7. The zero-order chi connectivity index (χ0) is 10.6. The maximum absolute atomic E-state index is 9.49. The first-order chi connectivity index (χ1) is 6.49. The van der Waals surface area contributed by atoms with E-state index in [0.29, 0.717) is 6.54 Å². The highest BCUT2D eigenvalue weighted by Crippen LogP contribution is 2.15. The fraction of sp³-hybridized carbons (Fsp3) is 0.455. The van der Waals surface area contributed by atoms with Gasteiger partial charge in [-0.2, -0.15) is 0 Å². The van der Waals surface area contributed by atoms with Gasteiger partial charge in [0.2, 0.25) is 0 Å². The molecule has 0 aliphatic rings. The molecule has 1 rings (SSSR count). The van der Waals surface area contributed by atoms with E-state index in [1.807, 2.05) is 18.2 Å². The van der Waals surface area contributed by atoms with Crippen molar-refractivity contribution >= 4 is 15.9 Å². The number of nitrogens with one attached hydrogen (secondary N) is 1. The fourth-order valence-corrected chi connectivity index (χ4v) is 1.57. The molecule has 1 aromatic rings. The monoisotopic (exact) mass is 257 g/mol. The highest BCUT2D eigenvalue weighted by Gasteiger charge is 2.11. The zero-order valence-electron chi connectivity index (χ0n) is 8.55. The molecule has 0 atom stereocenters. The Morgan fingerprint density at radius 1 is 1.36 bits per heavy atom. The smallest absolute Gasteiger partial charge is 0.0715 e. The Balaban J connectivity index is 2.43. The van der Waals surface area contributed by atoms with Crippen molar-refractivity contribution in [1.82, 2.24) is 5.32 Å². The zero-order valence-corrected chi connectivity index (χ0v) is 10.1. The molecule has 2 nitrogen and oxygen atoms in total. The lowest BCUT2D eigenvalue weighted by Gasteiger charge is -2.17. The summed E-state index contributed by atoms with van der Waals surface area (Å²) in [6.45, 7) is 4.94. The second kappa shape index (κ2) is 4.91. The topological polar surface area (TPSA) is 32.3 Å². The molecule has 0 radical (unpaired) electrons. The summed E-state index contributed by atoms with van der Waals surface area (Å²) in [6, 6.07) is 8.07. The Kier molecular flexibility index (Phi) is 4.11. The van der Waals surface area contributed by atoms with E-state index in [9.17, 15) is 5.11 Å². The maximum atomic E-state index is 9.49. The summed E-state index contributed by atoms with van der Waals surface area (Å²) in [5.74, 6) is 0. The van der Waals surface area contributed by atoms with Crippen LogP contribution in [-0.4, -0.2) is 17.3 Å². The Morgan fingerprint density at radius 2 is 2.00 bits per heavy atom. The summed E-state index contributed by atoms with van der Waals surface area (Å²) in [6.07, 6.45) is 0. The summed E-state index contributed by atoms with van der Waals surface area (Å²) in [4.78, 5) is 0. The molecule has 0 heterocycles. The van der Waals surface area contributed by atoms with Gasteiger partial charge in [0.15, 0.2) is 0 Å². The van der Waals surface area contributed by atoms with Crippen molar-refractivity contribution in [3.63, 3.8) is 0 Å². The average molecular weight is 258 g/mol. The van der Waals surface area contributed by atoms with Crippen LogP contribution in [0.2, 0.25) is 0 Å². The van der Waals surface area contributed by atoms with Gasteiger partial charge in [-0.3, -0.25) is 0 Å². The summed E-state index contributed by atoms with van der Waals surface area (Å²) in [7, 11) is 0. The number of aliphatic hydroxyl groups is 1.